The molecule has 4 aromatic heterocycles. The number of para-hydroxylation sites is 2. The van der Waals surface area contributed by atoms with Crippen LogP contribution in [0.1, 0.15) is 11.4 Å². The molecule has 0 atom stereocenters. The molecule has 0 spiro atoms. The third-order valence-corrected chi connectivity index (χ3v) is 7.83. The summed E-state index contributed by atoms with van der Waals surface area (Å²) in [6.45, 7) is 8.22. The van der Waals surface area contributed by atoms with Crippen LogP contribution in [0.5, 0.6) is 11.8 Å². The molecule has 7 heteroatoms. The zero-order valence-electron chi connectivity index (χ0n) is 24.4. The number of fused-ring (bicyclic) bond motifs is 4. The van der Waals surface area contributed by atoms with Crippen LogP contribution >= 0.6 is 0 Å². The van der Waals surface area contributed by atoms with Crippen LogP contribution in [0.2, 0.25) is 0 Å². The van der Waals surface area contributed by atoms with Gasteiger partial charge in [0.05, 0.1) is 0 Å². The van der Waals surface area contributed by atoms with E-state index in [0.29, 0.717) is 22.2 Å². The Bertz CT molecular complexity index is 2410. The summed E-state index contributed by atoms with van der Waals surface area (Å²) in [5.74, 6) is -0.364. The Hall–Kier alpha value is -5.52. The molecular weight excluding hydrogens is 610 g/mol. The van der Waals surface area contributed by atoms with Crippen LogP contribution in [0.15, 0.2) is 121 Å². The first kappa shape index (κ1) is 29.6. The SMILES string of the molecule is C=[n+]1c(=Cc2[n-]c([O-])c3ccccc23)ccc2ccccc21.C=[n+]1c(=Cc2[n-]c([O-])c3ccccc23)ccc2ccccc21.[Zn+2]. The molecule has 6 nitrogen and oxygen atoms in total. The number of pyridine rings is 2. The number of nitrogens with zero attached hydrogens (tertiary/aromatic N) is 4. The molecule has 0 aliphatic carbocycles. The minimum atomic E-state index is -0.182. The Balaban J connectivity index is 0.000000155. The first-order valence-corrected chi connectivity index (χ1v) is 14.1. The van der Waals surface area contributed by atoms with Crippen molar-refractivity contribution in [3.05, 3.63) is 157 Å². The zero-order chi connectivity index (χ0) is 30.2. The van der Waals surface area contributed by atoms with Gasteiger partial charge >= 0.3 is 19.5 Å². The predicted molar refractivity (Wildman–Crippen MR) is 170 cm³/mol. The molecule has 8 rings (SSSR count). The molecule has 0 aliphatic heterocycles. The van der Waals surface area contributed by atoms with Crippen LogP contribution in [0.4, 0.5) is 0 Å². The summed E-state index contributed by atoms with van der Waals surface area (Å²) in [5.41, 5.74) is 3.45. The van der Waals surface area contributed by atoms with Gasteiger partial charge in [-0.3, -0.25) is 0 Å². The molecular formula is C38H26N4O2Zn. The Morgan fingerprint density at radius 1 is 0.467 bits per heavy atom. The second kappa shape index (κ2) is 12.2. The van der Waals surface area contributed by atoms with E-state index in [0.717, 1.165) is 43.3 Å². The van der Waals surface area contributed by atoms with Gasteiger partial charge in [-0.15, -0.1) is 11.4 Å². The van der Waals surface area contributed by atoms with E-state index in [-0.39, 0.29) is 31.2 Å². The minimum Gasteiger partial charge on any atom is -0.889 e. The minimum absolute atomic E-state index is 0. The van der Waals surface area contributed by atoms with Gasteiger partial charge in [0, 0.05) is 35.0 Å². The van der Waals surface area contributed by atoms with Crippen molar-refractivity contribution in [3.63, 3.8) is 0 Å². The molecule has 8 aromatic rings. The van der Waals surface area contributed by atoms with Gasteiger partial charge in [-0.05, 0) is 58.0 Å². The van der Waals surface area contributed by atoms with E-state index in [1.165, 1.54) is 0 Å². The van der Waals surface area contributed by atoms with Crippen LogP contribution in [0.3, 0.4) is 0 Å². The van der Waals surface area contributed by atoms with Gasteiger partial charge in [0.15, 0.2) is 0 Å². The largest absolute Gasteiger partial charge is 2.00 e. The Morgan fingerprint density at radius 3 is 1.24 bits per heavy atom. The van der Waals surface area contributed by atoms with Crippen LogP contribution in [-0.2, 0) is 19.5 Å². The first-order valence-electron chi connectivity index (χ1n) is 14.1. The molecule has 0 N–H and O–H groups in total. The Morgan fingerprint density at radius 2 is 0.822 bits per heavy atom. The third-order valence-electron chi connectivity index (χ3n) is 7.83. The van der Waals surface area contributed by atoms with Crippen LogP contribution in [0, 0.1) is 13.4 Å². The monoisotopic (exact) mass is 634 g/mol. The summed E-state index contributed by atoms with van der Waals surface area (Å²) in [6.07, 6.45) is 3.81. The van der Waals surface area contributed by atoms with Gasteiger partial charge in [0.1, 0.15) is 13.4 Å². The molecule has 0 fully saturated rings. The predicted octanol–water partition coefficient (Wildman–Crippen LogP) is 3.56. The van der Waals surface area contributed by atoms with Crippen molar-refractivity contribution in [2.45, 2.75) is 0 Å². The van der Waals surface area contributed by atoms with Crippen molar-refractivity contribution in [3.8, 4) is 11.8 Å². The first-order chi connectivity index (χ1) is 21.5. The molecule has 0 saturated carbocycles. The maximum Gasteiger partial charge on any atom is 2.00 e. The summed E-state index contributed by atoms with van der Waals surface area (Å²) in [6, 6.07) is 39.2. The van der Waals surface area contributed by atoms with Crippen LogP contribution < -0.4 is 39.4 Å². The molecule has 0 unspecified atom stereocenters. The molecule has 0 radical (unpaired) electrons. The standard InChI is InChI=1S/2C19H14N2O.Zn/c2*1-21-14(11-10-13-6-2-5-9-18(13)21)12-17-15-7-3-4-8-16(15)19(22)20-17;/h2*2-12,22H,1H2;/q;;+2/p-2. The topological polar surface area (TPSA) is 86.1 Å². The van der Waals surface area contributed by atoms with Crippen molar-refractivity contribution < 1.29 is 38.2 Å². The number of benzene rings is 4. The van der Waals surface area contributed by atoms with Crippen molar-refractivity contribution in [2.24, 2.45) is 0 Å². The number of rotatable bonds is 2. The van der Waals surface area contributed by atoms with E-state index in [1.807, 2.05) is 130 Å². The normalized spacial score (nSPS) is 12.0. The van der Waals surface area contributed by atoms with E-state index in [2.05, 4.69) is 23.4 Å². The van der Waals surface area contributed by atoms with E-state index in [1.54, 1.807) is 12.1 Å². The fourth-order valence-electron chi connectivity index (χ4n) is 5.55. The van der Waals surface area contributed by atoms with E-state index in [4.69, 9.17) is 0 Å². The molecule has 4 heterocycles. The average molecular weight is 636 g/mol. The second-order valence-electron chi connectivity index (χ2n) is 10.5. The van der Waals surface area contributed by atoms with Crippen LogP contribution in [-0.4, -0.2) is 0 Å². The van der Waals surface area contributed by atoms with Crippen LogP contribution in [0.25, 0.3) is 55.5 Å². The van der Waals surface area contributed by atoms with E-state index >= 15 is 0 Å². The molecule has 0 bridgehead atoms. The Kier molecular flexibility index (Phi) is 8.03. The summed E-state index contributed by atoms with van der Waals surface area (Å²) in [4.78, 5) is 8.31. The van der Waals surface area contributed by atoms with E-state index < -0.39 is 0 Å². The van der Waals surface area contributed by atoms with Gasteiger partial charge in [-0.1, -0.05) is 72.8 Å². The van der Waals surface area contributed by atoms with Gasteiger partial charge < -0.3 is 20.2 Å². The van der Waals surface area contributed by atoms with Gasteiger partial charge in [-0.25, -0.2) is 11.8 Å². The zero-order valence-corrected chi connectivity index (χ0v) is 27.4. The van der Waals surface area contributed by atoms with Gasteiger partial charge in [0.25, 0.3) is 0 Å². The summed E-state index contributed by atoms with van der Waals surface area (Å²) in [7, 11) is 0. The summed E-state index contributed by atoms with van der Waals surface area (Å²) < 4.78 is 3.73. The number of aromatic nitrogens is 4. The molecule has 212 valence electrons. The molecule has 4 aromatic carbocycles. The summed E-state index contributed by atoms with van der Waals surface area (Å²) >= 11 is 0. The number of hydrogen-bond acceptors (Lipinski definition) is 2. The maximum absolute atomic E-state index is 11.9. The second-order valence-corrected chi connectivity index (χ2v) is 10.5. The quantitative estimate of drug-likeness (QED) is 0.215. The number of hydrogen-bond donors (Lipinski definition) is 0. The fourth-order valence-corrected chi connectivity index (χ4v) is 5.55. The molecule has 0 aliphatic rings. The smallest absolute Gasteiger partial charge is 0.889 e. The van der Waals surface area contributed by atoms with Gasteiger partial charge in [0.2, 0.25) is 21.7 Å². The summed E-state index contributed by atoms with van der Waals surface area (Å²) in [5, 5.41) is 31.0. The van der Waals surface area contributed by atoms with Crippen molar-refractivity contribution >= 4 is 55.5 Å². The van der Waals surface area contributed by atoms with E-state index in [9.17, 15) is 10.2 Å². The van der Waals surface area contributed by atoms with Gasteiger partial charge in [-0.2, -0.15) is 8.49 Å². The molecule has 0 amide bonds. The average Bonchev–Trinajstić information content (AvgIpc) is 3.55. The van der Waals surface area contributed by atoms with Crippen molar-refractivity contribution in [1.82, 2.24) is 9.97 Å². The Labute approximate surface area is 271 Å². The third kappa shape index (κ3) is 5.50. The van der Waals surface area contributed by atoms with Crippen molar-refractivity contribution in [1.29, 1.82) is 0 Å². The molecule has 45 heavy (non-hydrogen) atoms. The molecule has 0 saturated heterocycles. The maximum atomic E-state index is 11.9. The fraction of sp³-hybridized carbons (Fsp3) is 0. The van der Waals surface area contributed by atoms with Crippen molar-refractivity contribution in [2.75, 3.05) is 0 Å².